The molecule has 2 unspecified atom stereocenters. The van der Waals surface area contributed by atoms with Crippen LogP contribution in [0.4, 0.5) is 0 Å². The minimum atomic E-state index is -0.566. The molecule has 2 atom stereocenters. The van der Waals surface area contributed by atoms with Gasteiger partial charge in [0.15, 0.2) is 0 Å². The van der Waals surface area contributed by atoms with Gasteiger partial charge in [0, 0.05) is 13.0 Å². The molecule has 106 valence electrons. The molecule has 0 bridgehead atoms. The fourth-order valence-corrected chi connectivity index (χ4v) is 2.37. The Labute approximate surface area is 109 Å². The maximum absolute atomic E-state index is 11.8. The van der Waals surface area contributed by atoms with Crippen molar-refractivity contribution in [1.82, 2.24) is 5.32 Å². The van der Waals surface area contributed by atoms with E-state index < -0.39 is 5.54 Å². The second-order valence-corrected chi connectivity index (χ2v) is 4.67. The third kappa shape index (κ3) is 3.93. The van der Waals surface area contributed by atoms with Crippen LogP contribution in [0.1, 0.15) is 32.6 Å². The minimum Gasteiger partial charge on any atom is -0.468 e. The molecule has 1 aliphatic rings. The van der Waals surface area contributed by atoms with Crippen molar-refractivity contribution in [2.24, 2.45) is 0 Å². The highest BCUT2D eigenvalue weighted by Crippen LogP contribution is 2.32. The van der Waals surface area contributed by atoms with E-state index in [2.05, 4.69) is 12.2 Å². The van der Waals surface area contributed by atoms with Gasteiger partial charge in [0.25, 0.3) is 0 Å². The Balaban J connectivity index is 2.29. The van der Waals surface area contributed by atoms with Crippen molar-refractivity contribution in [3.8, 4) is 0 Å². The Morgan fingerprint density at radius 3 is 2.78 bits per heavy atom. The third-order valence-electron chi connectivity index (χ3n) is 3.45. The fraction of sp³-hybridized carbons (Fsp3) is 0.923. The molecule has 0 spiro atoms. The van der Waals surface area contributed by atoms with Gasteiger partial charge in [-0.3, -0.25) is 4.79 Å². The van der Waals surface area contributed by atoms with Crippen molar-refractivity contribution >= 4 is 5.97 Å². The number of carbonyl (C=O) groups excluding carboxylic acids is 1. The van der Waals surface area contributed by atoms with Crippen molar-refractivity contribution in [1.29, 1.82) is 0 Å². The summed E-state index contributed by atoms with van der Waals surface area (Å²) in [6, 6.07) is 0. The number of nitrogens with one attached hydrogen (secondary N) is 1. The number of hydrogen-bond donors (Lipinski definition) is 1. The van der Waals surface area contributed by atoms with Crippen LogP contribution < -0.4 is 5.32 Å². The van der Waals surface area contributed by atoms with Gasteiger partial charge >= 0.3 is 5.97 Å². The average molecular weight is 259 g/mol. The van der Waals surface area contributed by atoms with Gasteiger partial charge in [0.05, 0.1) is 26.4 Å². The van der Waals surface area contributed by atoms with Crippen LogP contribution >= 0.6 is 0 Å². The van der Waals surface area contributed by atoms with E-state index in [1.807, 2.05) is 0 Å². The zero-order chi connectivity index (χ0) is 13.4. The van der Waals surface area contributed by atoms with E-state index >= 15 is 0 Å². The number of esters is 1. The first-order valence-electron chi connectivity index (χ1n) is 6.65. The molecule has 0 saturated heterocycles. The third-order valence-corrected chi connectivity index (χ3v) is 3.45. The van der Waals surface area contributed by atoms with Crippen molar-refractivity contribution in [3.63, 3.8) is 0 Å². The lowest BCUT2D eigenvalue weighted by Gasteiger charge is -2.25. The van der Waals surface area contributed by atoms with Crippen molar-refractivity contribution in [2.75, 3.05) is 34.0 Å². The first-order chi connectivity index (χ1) is 8.68. The average Bonchev–Trinajstić information content (AvgIpc) is 2.82. The summed E-state index contributed by atoms with van der Waals surface area (Å²) >= 11 is 0. The van der Waals surface area contributed by atoms with Gasteiger partial charge < -0.3 is 19.5 Å². The molecule has 0 aromatic carbocycles. The standard InChI is InChI=1S/C13H25NO4/c1-4-7-17-8-9-18-11-5-6-13(10-11,14-2)12(15)16-3/h11,14H,4-10H2,1-3H3. The zero-order valence-corrected chi connectivity index (χ0v) is 11.7. The largest absolute Gasteiger partial charge is 0.468 e. The van der Waals surface area contributed by atoms with E-state index in [1.165, 1.54) is 7.11 Å². The van der Waals surface area contributed by atoms with E-state index in [9.17, 15) is 4.79 Å². The van der Waals surface area contributed by atoms with Gasteiger partial charge in [-0.25, -0.2) is 0 Å². The highest BCUT2D eigenvalue weighted by atomic mass is 16.5. The second-order valence-electron chi connectivity index (χ2n) is 4.67. The predicted octanol–water partition coefficient (Wildman–Crippen LogP) is 1.11. The smallest absolute Gasteiger partial charge is 0.326 e. The van der Waals surface area contributed by atoms with Crippen molar-refractivity contribution in [3.05, 3.63) is 0 Å². The molecule has 1 saturated carbocycles. The highest BCUT2D eigenvalue weighted by molar-refractivity contribution is 5.81. The quantitative estimate of drug-likeness (QED) is 0.523. The number of ether oxygens (including phenoxy) is 3. The number of rotatable bonds is 8. The van der Waals surface area contributed by atoms with Gasteiger partial charge in [0.1, 0.15) is 5.54 Å². The maximum Gasteiger partial charge on any atom is 0.326 e. The fourth-order valence-electron chi connectivity index (χ4n) is 2.37. The molecule has 1 fully saturated rings. The summed E-state index contributed by atoms with van der Waals surface area (Å²) in [6.45, 7) is 4.06. The summed E-state index contributed by atoms with van der Waals surface area (Å²) in [5.74, 6) is -0.196. The Morgan fingerprint density at radius 2 is 2.17 bits per heavy atom. The van der Waals surface area contributed by atoms with Gasteiger partial charge in [-0.1, -0.05) is 6.92 Å². The van der Waals surface area contributed by atoms with Crippen LogP contribution in [0.3, 0.4) is 0 Å². The molecule has 0 heterocycles. The molecule has 0 aromatic heterocycles. The van der Waals surface area contributed by atoms with Crippen LogP contribution in [0, 0.1) is 0 Å². The topological polar surface area (TPSA) is 56.8 Å². The van der Waals surface area contributed by atoms with Crippen LogP contribution in [0.5, 0.6) is 0 Å². The van der Waals surface area contributed by atoms with Gasteiger partial charge in [-0.2, -0.15) is 0 Å². The van der Waals surface area contributed by atoms with Gasteiger partial charge in [0.2, 0.25) is 0 Å². The van der Waals surface area contributed by atoms with Crippen LogP contribution in [-0.4, -0.2) is 51.6 Å². The number of likely N-dealkylation sites (N-methyl/N-ethyl adjacent to an activating group) is 1. The Kier molecular flexibility index (Phi) is 6.60. The molecule has 1 aliphatic carbocycles. The second kappa shape index (κ2) is 7.71. The first-order valence-corrected chi connectivity index (χ1v) is 6.65. The Morgan fingerprint density at radius 1 is 1.39 bits per heavy atom. The van der Waals surface area contributed by atoms with E-state index in [0.717, 1.165) is 25.9 Å². The molecule has 5 nitrogen and oxygen atoms in total. The lowest BCUT2D eigenvalue weighted by molar-refractivity contribution is -0.148. The molecular formula is C13H25NO4. The van der Waals surface area contributed by atoms with Crippen molar-refractivity contribution in [2.45, 2.75) is 44.2 Å². The van der Waals surface area contributed by atoms with Crippen LogP contribution in [-0.2, 0) is 19.0 Å². The van der Waals surface area contributed by atoms with Crippen LogP contribution in [0.15, 0.2) is 0 Å². The lowest BCUT2D eigenvalue weighted by atomic mass is 9.98. The van der Waals surface area contributed by atoms with E-state index in [0.29, 0.717) is 19.6 Å². The van der Waals surface area contributed by atoms with E-state index in [1.54, 1.807) is 7.05 Å². The molecular weight excluding hydrogens is 234 g/mol. The molecule has 1 rings (SSSR count). The van der Waals surface area contributed by atoms with Crippen LogP contribution in [0.25, 0.3) is 0 Å². The monoisotopic (exact) mass is 259 g/mol. The Hall–Kier alpha value is -0.650. The maximum atomic E-state index is 11.8. The summed E-state index contributed by atoms with van der Waals surface area (Å²) in [6.07, 6.45) is 3.45. The summed E-state index contributed by atoms with van der Waals surface area (Å²) in [7, 11) is 3.22. The minimum absolute atomic E-state index is 0.113. The van der Waals surface area contributed by atoms with Gasteiger partial charge in [-0.05, 0) is 26.3 Å². The first kappa shape index (κ1) is 15.4. The Bertz CT molecular complexity index is 259. The van der Waals surface area contributed by atoms with E-state index in [-0.39, 0.29) is 12.1 Å². The SMILES string of the molecule is CCCOCCOC1CCC(NC)(C(=O)OC)C1. The molecule has 0 aliphatic heterocycles. The molecule has 1 N–H and O–H groups in total. The lowest BCUT2D eigenvalue weighted by Crippen LogP contribution is -2.49. The molecule has 0 aromatic rings. The molecule has 0 amide bonds. The number of hydrogen-bond acceptors (Lipinski definition) is 5. The summed E-state index contributed by atoms with van der Waals surface area (Å²) in [5.41, 5.74) is -0.566. The number of methoxy groups -OCH3 is 1. The van der Waals surface area contributed by atoms with Crippen LogP contribution in [0.2, 0.25) is 0 Å². The molecule has 0 radical (unpaired) electrons. The predicted molar refractivity (Wildman–Crippen MR) is 68.5 cm³/mol. The normalized spacial score (nSPS) is 27.4. The summed E-state index contributed by atoms with van der Waals surface area (Å²) < 4.78 is 15.9. The highest BCUT2D eigenvalue weighted by Gasteiger charge is 2.45. The number of carbonyl (C=O) groups is 1. The summed E-state index contributed by atoms with van der Waals surface area (Å²) in [5, 5.41) is 3.08. The summed E-state index contributed by atoms with van der Waals surface area (Å²) in [4.78, 5) is 11.8. The van der Waals surface area contributed by atoms with Gasteiger partial charge in [-0.15, -0.1) is 0 Å². The zero-order valence-electron chi connectivity index (χ0n) is 11.7. The van der Waals surface area contributed by atoms with Crippen molar-refractivity contribution < 1.29 is 19.0 Å². The van der Waals surface area contributed by atoms with E-state index in [4.69, 9.17) is 14.2 Å². The molecule has 18 heavy (non-hydrogen) atoms. The molecule has 5 heteroatoms.